The Morgan fingerprint density at radius 2 is 2.00 bits per heavy atom. The van der Waals surface area contributed by atoms with Gasteiger partial charge in [0.05, 0.1) is 11.3 Å². The Bertz CT molecular complexity index is 645. The van der Waals surface area contributed by atoms with Crippen molar-refractivity contribution in [1.82, 2.24) is 0 Å². The number of hydrogen-bond donors (Lipinski definition) is 1. The minimum Gasteiger partial charge on any atom is -0.321 e. The van der Waals surface area contributed by atoms with Crippen LogP contribution in [-0.4, -0.2) is 5.91 Å². The van der Waals surface area contributed by atoms with Crippen molar-refractivity contribution in [1.29, 1.82) is 0 Å². The van der Waals surface area contributed by atoms with Crippen LogP contribution in [0.4, 0.5) is 10.1 Å². The van der Waals surface area contributed by atoms with Crippen molar-refractivity contribution in [3.8, 4) is 0 Å². The molecule has 2 aromatic rings. The molecule has 5 heteroatoms. The van der Waals surface area contributed by atoms with Gasteiger partial charge in [-0.05, 0) is 81.3 Å². The Morgan fingerprint density at radius 1 is 1.26 bits per heavy atom. The van der Waals surface area contributed by atoms with Crippen LogP contribution >= 0.6 is 38.5 Å². The van der Waals surface area contributed by atoms with E-state index in [1.165, 1.54) is 12.1 Å². The van der Waals surface area contributed by atoms with Crippen molar-refractivity contribution in [2.75, 3.05) is 5.32 Å². The molecule has 0 atom stereocenters. The summed E-state index contributed by atoms with van der Waals surface area (Å²) in [6.07, 6.45) is 0. The third-order valence-electron chi connectivity index (χ3n) is 2.55. The summed E-state index contributed by atoms with van der Waals surface area (Å²) < 4.78 is 14.4. The first kappa shape index (κ1) is 14.5. The number of halogens is 3. The molecule has 0 saturated heterocycles. The molecule has 0 aliphatic carbocycles. The standard InChI is InChI=1S/C14H10BrFINO/c1-8-2-4-10(11(15)6-8)14(19)18-13-5-3-9(16)7-12(13)17/h2-7H,1H3,(H,18,19). The van der Waals surface area contributed by atoms with Gasteiger partial charge in [-0.15, -0.1) is 0 Å². The number of rotatable bonds is 2. The summed E-state index contributed by atoms with van der Waals surface area (Å²) in [5.74, 6) is -0.546. The van der Waals surface area contributed by atoms with Gasteiger partial charge in [0.15, 0.2) is 0 Å². The largest absolute Gasteiger partial charge is 0.321 e. The van der Waals surface area contributed by atoms with E-state index in [-0.39, 0.29) is 11.7 Å². The number of anilines is 1. The summed E-state index contributed by atoms with van der Waals surface area (Å²) in [6.45, 7) is 1.95. The lowest BCUT2D eigenvalue weighted by molar-refractivity contribution is 0.102. The molecule has 2 rings (SSSR count). The monoisotopic (exact) mass is 433 g/mol. The molecule has 0 unspecified atom stereocenters. The summed E-state index contributed by atoms with van der Waals surface area (Å²) in [4.78, 5) is 12.1. The van der Waals surface area contributed by atoms with Crippen molar-refractivity contribution in [3.05, 3.63) is 61.4 Å². The summed E-state index contributed by atoms with van der Waals surface area (Å²) >= 11 is 5.35. The Balaban J connectivity index is 2.25. The molecule has 0 spiro atoms. The molecule has 0 saturated carbocycles. The predicted octanol–water partition coefficient (Wildman–Crippen LogP) is 4.75. The molecule has 0 radical (unpaired) electrons. The van der Waals surface area contributed by atoms with Crippen molar-refractivity contribution in [2.45, 2.75) is 6.92 Å². The molecule has 0 aliphatic rings. The van der Waals surface area contributed by atoms with Crippen molar-refractivity contribution >= 4 is 50.1 Å². The minimum atomic E-state index is -0.320. The molecule has 1 N–H and O–H groups in total. The van der Waals surface area contributed by atoms with Crippen molar-refractivity contribution in [2.24, 2.45) is 0 Å². The van der Waals surface area contributed by atoms with Gasteiger partial charge >= 0.3 is 0 Å². The highest BCUT2D eigenvalue weighted by Gasteiger charge is 2.12. The number of amides is 1. The highest BCUT2D eigenvalue weighted by Crippen LogP contribution is 2.23. The summed E-state index contributed by atoms with van der Waals surface area (Å²) in [5.41, 5.74) is 2.21. The fourth-order valence-electron chi connectivity index (χ4n) is 1.58. The Kier molecular flexibility index (Phi) is 4.57. The molecule has 0 bridgehead atoms. The molecule has 0 heterocycles. The van der Waals surface area contributed by atoms with E-state index < -0.39 is 0 Å². The van der Waals surface area contributed by atoms with E-state index in [1.54, 1.807) is 12.1 Å². The van der Waals surface area contributed by atoms with Crippen LogP contribution in [0, 0.1) is 16.3 Å². The number of carbonyl (C=O) groups excluding carboxylic acids is 1. The van der Waals surface area contributed by atoms with Gasteiger partial charge in [0, 0.05) is 8.04 Å². The predicted molar refractivity (Wildman–Crippen MR) is 85.9 cm³/mol. The maximum Gasteiger partial charge on any atom is 0.256 e. The first-order valence-electron chi connectivity index (χ1n) is 5.50. The quantitative estimate of drug-likeness (QED) is 0.680. The van der Waals surface area contributed by atoms with Crippen LogP contribution < -0.4 is 5.32 Å². The molecule has 98 valence electrons. The fourth-order valence-corrected chi connectivity index (χ4v) is 2.87. The van der Waals surface area contributed by atoms with Crippen LogP contribution in [-0.2, 0) is 0 Å². The number of aryl methyl sites for hydroxylation is 1. The van der Waals surface area contributed by atoms with Gasteiger partial charge in [0.1, 0.15) is 5.82 Å². The highest BCUT2D eigenvalue weighted by molar-refractivity contribution is 14.1. The van der Waals surface area contributed by atoms with Gasteiger partial charge < -0.3 is 5.32 Å². The van der Waals surface area contributed by atoms with Crippen LogP contribution in [0.25, 0.3) is 0 Å². The normalized spacial score (nSPS) is 10.3. The van der Waals surface area contributed by atoms with Gasteiger partial charge in [0.25, 0.3) is 5.91 Å². The van der Waals surface area contributed by atoms with Crippen LogP contribution in [0.2, 0.25) is 0 Å². The third-order valence-corrected chi connectivity index (χ3v) is 4.10. The van der Waals surface area contributed by atoms with E-state index in [0.29, 0.717) is 14.8 Å². The van der Waals surface area contributed by atoms with E-state index in [4.69, 9.17) is 0 Å². The second-order valence-corrected chi connectivity index (χ2v) is 6.08. The van der Waals surface area contributed by atoms with Crippen molar-refractivity contribution < 1.29 is 9.18 Å². The Hall–Kier alpha value is -0.950. The summed E-state index contributed by atoms with van der Waals surface area (Å²) in [5, 5.41) is 2.77. The second kappa shape index (κ2) is 6.00. The lowest BCUT2D eigenvalue weighted by Crippen LogP contribution is -2.13. The molecule has 0 fully saturated rings. The lowest BCUT2D eigenvalue weighted by Gasteiger charge is -2.09. The summed E-state index contributed by atoms with van der Waals surface area (Å²) in [7, 11) is 0. The molecular weight excluding hydrogens is 424 g/mol. The van der Waals surface area contributed by atoms with Gasteiger partial charge in [-0.2, -0.15) is 0 Å². The second-order valence-electron chi connectivity index (χ2n) is 4.06. The van der Waals surface area contributed by atoms with Crippen LogP contribution in [0.3, 0.4) is 0 Å². The van der Waals surface area contributed by atoms with Crippen molar-refractivity contribution in [3.63, 3.8) is 0 Å². The van der Waals surface area contributed by atoms with E-state index in [2.05, 4.69) is 21.2 Å². The van der Waals surface area contributed by atoms with E-state index in [1.807, 2.05) is 41.6 Å². The Morgan fingerprint density at radius 3 is 2.63 bits per heavy atom. The number of benzene rings is 2. The molecule has 2 aromatic carbocycles. The van der Waals surface area contributed by atoms with Gasteiger partial charge in [-0.3, -0.25) is 4.79 Å². The zero-order valence-electron chi connectivity index (χ0n) is 10.0. The van der Waals surface area contributed by atoms with E-state index in [0.717, 1.165) is 10.0 Å². The molecule has 2 nitrogen and oxygen atoms in total. The molecular formula is C14H10BrFINO. The number of hydrogen-bond acceptors (Lipinski definition) is 1. The van der Waals surface area contributed by atoms with Crippen LogP contribution in [0.1, 0.15) is 15.9 Å². The molecule has 19 heavy (non-hydrogen) atoms. The maximum absolute atomic E-state index is 13.0. The zero-order chi connectivity index (χ0) is 14.0. The lowest BCUT2D eigenvalue weighted by atomic mass is 10.1. The highest BCUT2D eigenvalue weighted by atomic mass is 127. The van der Waals surface area contributed by atoms with Gasteiger partial charge in [-0.25, -0.2) is 4.39 Å². The van der Waals surface area contributed by atoms with Crippen LogP contribution in [0.15, 0.2) is 40.9 Å². The third kappa shape index (κ3) is 3.54. The number of nitrogens with one attached hydrogen (secondary N) is 1. The average Bonchev–Trinajstić information content (AvgIpc) is 2.32. The SMILES string of the molecule is Cc1ccc(C(=O)Nc2ccc(F)cc2I)c(Br)c1. The van der Waals surface area contributed by atoms with Crippen LogP contribution in [0.5, 0.6) is 0 Å². The fraction of sp³-hybridized carbons (Fsp3) is 0.0714. The zero-order valence-corrected chi connectivity index (χ0v) is 13.7. The smallest absolute Gasteiger partial charge is 0.256 e. The first-order chi connectivity index (χ1) is 8.97. The topological polar surface area (TPSA) is 29.1 Å². The maximum atomic E-state index is 13.0. The molecule has 0 aliphatic heterocycles. The molecule has 0 aromatic heterocycles. The van der Waals surface area contributed by atoms with Gasteiger partial charge in [0.2, 0.25) is 0 Å². The van der Waals surface area contributed by atoms with E-state index in [9.17, 15) is 9.18 Å². The van der Waals surface area contributed by atoms with Gasteiger partial charge in [-0.1, -0.05) is 6.07 Å². The minimum absolute atomic E-state index is 0.226. The molecule has 1 amide bonds. The number of carbonyl (C=O) groups is 1. The summed E-state index contributed by atoms with van der Waals surface area (Å²) in [6, 6.07) is 9.75. The Labute approximate surface area is 132 Å². The average molecular weight is 434 g/mol. The first-order valence-corrected chi connectivity index (χ1v) is 7.37. The van der Waals surface area contributed by atoms with E-state index >= 15 is 0 Å².